The number of aryl methyl sites for hydroxylation is 1. The Bertz CT molecular complexity index is 1820. The second kappa shape index (κ2) is 12.3. The van der Waals surface area contributed by atoms with Crippen LogP contribution in [0.3, 0.4) is 0 Å². The van der Waals surface area contributed by atoms with E-state index in [1.165, 1.54) is 5.39 Å². The molecular formula is C34H35N7S. The summed E-state index contributed by atoms with van der Waals surface area (Å²) >= 11 is 1.58. The lowest BCUT2D eigenvalue weighted by Gasteiger charge is -2.19. The number of hydrogen-bond acceptors (Lipinski definition) is 8. The van der Waals surface area contributed by atoms with Crippen molar-refractivity contribution in [3.8, 4) is 0 Å². The number of hydrogen-bond donors (Lipinski definition) is 6. The highest BCUT2D eigenvalue weighted by atomic mass is 32.1. The minimum absolute atomic E-state index is 0.410. The van der Waals surface area contributed by atoms with Crippen molar-refractivity contribution in [1.82, 2.24) is 4.98 Å². The van der Waals surface area contributed by atoms with Gasteiger partial charge in [0.05, 0.1) is 22.7 Å². The van der Waals surface area contributed by atoms with E-state index in [2.05, 4.69) is 143 Å². The van der Waals surface area contributed by atoms with E-state index in [1.54, 1.807) is 17.5 Å². The van der Waals surface area contributed by atoms with E-state index in [0.717, 1.165) is 67.4 Å². The quantitative estimate of drug-likeness (QED) is 0.0861. The number of thiazole rings is 1. The van der Waals surface area contributed by atoms with E-state index in [0.29, 0.717) is 6.04 Å². The average molecular weight is 574 g/mol. The van der Waals surface area contributed by atoms with Crippen LogP contribution in [0.5, 0.6) is 0 Å². The molecular weight excluding hydrogens is 538 g/mol. The molecule has 6 N–H and O–H groups in total. The number of hydrazine groups is 2. The van der Waals surface area contributed by atoms with Gasteiger partial charge in [0, 0.05) is 50.5 Å². The molecule has 0 saturated heterocycles. The van der Waals surface area contributed by atoms with Crippen molar-refractivity contribution in [2.24, 2.45) is 0 Å². The van der Waals surface area contributed by atoms with Gasteiger partial charge in [0.25, 0.3) is 0 Å². The van der Waals surface area contributed by atoms with Crippen LogP contribution < -0.4 is 32.3 Å². The fourth-order valence-corrected chi connectivity index (χ4v) is 5.53. The second-order valence-electron chi connectivity index (χ2n) is 10.4. The van der Waals surface area contributed by atoms with Crippen LogP contribution in [0.15, 0.2) is 103 Å². The molecule has 1 aromatic heterocycles. The summed E-state index contributed by atoms with van der Waals surface area (Å²) in [6.45, 7) is 6.49. The fraction of sp³-hybridized carbons (Fsp3) is 0.147. The monoisotopic (exact) mass is 573 g/mol. The van der Waals surface area contributed by atoms with Crippen LogP contribution in [0.1, 0.15) is 25.8 Å². The van der Waals surface area contributed by atoms with Crippen LogP contribution in [0.2, 0.25) is 0 Å². The van der Waals surface area contributed by atoms with Crippen molar-refractivity contribution in [2.75, 3.05) is 32.3 Å². The molecule has 0 aliphatic heterocycles. The van der Waals surface area contributed by atoms with Gasteiger partial charge in [-0.25, -0.2) is 4.98 Å². The summed E-state index contributed by atoms with van der Waals surface area (Å²) < 4.78 is 0. The second-order valence-corrected chi connectivity index (χ2v) is 11.3. The van der Waals surface area contributed by atoms with E-state index >= 15 is 0 Å². The molecule has 0 radical (unpaired) electrons. The van der Waals surface area contributed by atoms with Crippen molar-refractivity contribution in [1.29, 1.82) is 0 Å². The summed E-state index contributed by atoms with van der Waals surface area (Å²) in [5, 5.41) is 14.4. The maximum absolute atomic E-state index is 4.30. The molecule has 212 valence electrons. The first-order valence-electron chi connectivity index (χ1n) is 14.2. The highest BCUT2D eigenvalue weighted by Crippen LogP contribution is 2.33. The Labute approximate surface area is 250 Å². The first-order valence-corrected chi connectivity index (χ1v) is 15.1. The molecule has 0 spiro atoms. The van der Waals surface area contributed by atoms with Crippen molar-refractivity contribution < 1.29 is 0 Å². The number of nitrogens with one attached hydrogen (secondary N) is 6. The van der Waals surface area contributed by atoms with Gasteiger partial charge in [0.1, 0.15) is 0 Å². The minimum atomic E-state index is 0.410. The van der Waals surface area contributed by atoms with Gasteiger partial charge in [-0.2, -0.15) is 0 Å². The van der Waals surface area contributed by atoms with Gasteiger partial charge in [-0.3, -0.25) is 0 Å². The van der Waals surface area contributed by atoms with Crippen LogP contribution in [-0.2, 0) is 0 Å². The molecule has 0 aliphatic carbocycles. The van der Waals surface area contributed by atoms with E-state index in [1.807, 2.05) is 11.4 Å². The lowest BCUT2D eigenvalue weighted by molar-refractivity contribution is 0.765. The van der Waals surface area contributed by atoms with E-state index in [4.69, 9.17) is 0 Å². The Morgan fingerprint density at radius 2 is 1.17 bits per heavy atom. The van der Waals surface area contributed by atoms with Gasteiger partial charge in [0.2, 0.25) is 0 Å². The van der Waals surface area contributed by atoms with E-state index in [9.17, 15) is 0 Å². The standard InChI is InChI=1S/C34H35N7S/c1-4-23(3)36-30-15-16-31(26-10-6-5-9-25(26)30)40-41-33-18-17-32(27-11-7-8-12-28(27)33)39-38-29-14-13-24(21-22(29)2)37-34-35-19-20-42-34/h5-21,23,36,38-41H,4H2,1-3H3,(H,35,37). The van der Waals surface area contributed by atoms with Crippen LogP contribution in [-0.4, -0.2) is 11.0 Å². The van der Waals surface area contributed by atoms with Crippen molar-refractivity contribution in [2.45, 2.75) is 33.2 Å². The van der Waals surface area contributed by atoms with Crippen molar-refractivity contribution in [3.63, 3.8) is 0 Å². The SMILES string of the molecule is CCC(C)Nc1ccc(NNc2ccc(NNc3ccc(Nc4nccs4)cc3C)c3ccccc23)c2ccccc12. The minimum Gasteiger partial charge on any atom is -0.382 e. The van der Waals surface area contributed by atoms with Crippen LogP contribution in [0.4, 0.5) is 39.3 Å². The lowest BCUT2D eigenvalue weighted by Crippen LogP contribution is -2.14. The van der Waals surface area contributed by atoms with Gasteiger partial charge < -0.3 is 32.3 Å². The molecule has 42 heavy (non-hydrogen) atoms. The summed E-state index contributed by atoms with van der Waals surface area (Å²) in [5.41, 5.74) is 21.1. The van der Waals surface area contributed by atoms with Gasteiger partial charge in [-0.05, 0) is 68.3 Å². The van der Waals surface area contributed by atoms with E-state index < -0.39 is 0 Å². The molecule has 0 bridgehead atoms. The Morgan fingerprint density at radius 3 is 1.67 bits per heavy atom. The van der Waals surface area contributed by atoms with Gasteiger partial charge >= 0.3 is 0 Å². The third kappa shape index (κ3) is 5.89. The average Bonchev–Trinajstić information content (AvgIpc) is 3.53. The lowest BCUT2D eigenvalue weighted by atomic mass is 10.1. The summed E-state index contributed by atoms with van der Waals surface area (Å²) in [7, 11) is 0. The zero-order chi connectivity index (χ0) is 28.9. The Hall–Kier alpha value is -4.95. The first kappa shape index (κ1) is 27.2. The number of rotatable bonds is 11. The molecule has 7 nitrogen and oxygen atoms in total. The molecule has 5 aromatic carbocycles. The number of benzene rings is 5. The van der Waals surface area contributed by atoms with E-state index in [-0.39, 0.29) is 0 Å². The van der Waals surface area contributed by atoms with Gasteiger partial charge in [-0.1, -0.05) is 55.5 Å². The summed E-state index contributed by atoms with van der Waals surface area (Å²) in [6, 6.07) is 32.0. The zero-order valence-electron chi connectivity index (χ0n) is 24.0. The predicted octanol–water partition coefficient (Wildman–Crippen LogP) is 9.59. The third-order valence-corrected chi connectivity index (χ3v) is 8.12. The maximum atomic E-state index is 4.30. The van der Waals surface area contributed by atoms with Crippen LogP contribution in [0, 0.1) is 6.92 Å². The van der Waals surface area contributed by atoms with Crippen molar-refractivity contribution in [3.05, 3.63) is 108 Å². The normalized spacial score (nSPS) is 11.7. The third-order valence-electron chi connectivity index (χ3n) is 7.44. The Kier molecular flexibility index (Phi) is 7.96. The highest BCUT2D eigenvalue weighted by molar-refractivity contribution is 7.13. The van der Waals surface area contributed by atoms with Crippen molar-refractivity contribution >= 4 is 72.1 Å². The largest absolute Gasteiger partial charge is 0.382 e. The molecule has 6 aromatic rings. The summed E-state index contributed by atoms with van der Waals surface area (Å²) in [6.07, 6.45) is 2.87. The zero-order valence-corrected chi connectivity index (χ0v) is 24.8. The van der Waals surface area contributed by atoms with Crippen LogP contribution in [0.25, 0.3) is 21.5 Å². The fourth-order valence-electron chi connectivity index (χ4n) is 4.98. The topological polar surface area (TPSA) is 85.1 Å². The molecule has 1 unspecified atom stereocenters. The van der Waals surface area contributed by atoms with Crippen LogP contribution >= 0.6 is 11.3 Å². The van der Waals surface area contributed by atoms with Gasteiger partial charge in [-0.15, -0.1) is 11.3 Å². The Morgan fingerprint density at radius 1 is 0.667 bits per heavy atom. The molecule has 0 fully saturated rings. The predicted molar refractivity (Wildman–Crippen MR) is 182 cm³/mol. The summed E-state index contributed by atoms with van der Waals surface area (Å²) in [4.78, 5) is 4.30. The molecule has 8 heteroatoms. The van der Waals surface area contributed by atoms with Gasteiger partial charge in [0.15, 0.2) is 5.13 Å². The molecule has 0 saturated carbocycles. The molecule has 0 amide bonds. The molecule has 0 aliphatic rings. The molecule has 6 rings (SSSR count). The number of anilines is 7. The molecule has 1 heterocycles. The Balaban J connectivity index is 1.19. The first-order chi connectivity index (χ1) is 20.6. The highest BCUT2D eigenvalue weighted by Gasteiger charge is 2.10. The number of nitrogens with zero attached hydrogens (tertiary/aromatic N) is 1. The number of aromatic nitrogens is 1. The molecule has 1 atom stereocenters. The smallest absolute Gasteiger partial charge is 0.187 e. The maximum Gasteiger partial charge on any atom is 0.187 e. The number of fused-ring (bicyclic) bond motifs is 2. The summed E-state index contributed by atoms with van der Waals surface area (Å²) in [5.74, 6) is 0.